The number of nitrogens with zero attached hydrogens (tertiary/aromatic N) is 1. The van der Waals surface area contributed by atoms with Gasteiger partial charge in [-0.3, -0.25) is 4.79 Å². The normalized spacial score (nSPS) is 18.8. The maximum absolute atomic E-state index is 16.5. The maximum Gasteiger partial charge on any atom is 0.297 e. The molecule has 154 valence electrons. The number of carbonyl (C=O) groups excluding carboxylic acids is 1. The summed E-state index contributed by atoms with van der Waals surface area (Å²) in [5.41, 5.74) is -0.421. The molecular formula is C20H15FN2O5S2. The third-order valence-corrected chi connectivity index (χ3v) is 8.89. The van der Waals surface area contributed by atoms with Gasteiger partial charge in [-0.1, -0.05) is 54.6 Å². The topological polar surface area (TPSA) is 101 Å². The molecule has 4 rings (SSSR count). The van der Waals surface area contributed by atoms with Crippen molar-refractivity contribution in [1.29, 1.82) is 0 Å². The summed E-state index contributed by atoms with van der Waals surface area (Å²) in [6.07, 6.45) is 0. The minimum Gasteiger partial charge on any atom is -0.321 e. The molecule has 0 saturated carbocycles. The predicted octanol–water partition coefficient (Wildman–Crippen LogP) is 2.84. The summed E-state index contributed by atoms with van der Waals surface area (Å²) in [5.74, 6) is -4.93. The first kappa shape index (κ1) is 20.2. The van der Waals surface area contributed by atoms with E-state index in [9.17, 15) is 21.6 Å². The summed E-state index contributed by atoms with van der Waals surface area (Å²) in [4.78, 5) is 11.7. The van der Waals surface area contributed by atoms with Crippen LogP contribution in [-0.4, -0.2) is 26.5 Å². The van der Waals surface area contributed by atoms with Crippen molar-refractivity contribution in [2.24, 2.45) is 0 Å². The minimum atomic E-state index is -5.01. The number of alkyl halides is 1. The number of sulfonamides is 2. The Morgan fingerprint density at radius 2 is 1.13 bits per heavy atom. The zero-order valence-corrected chi connectivity index (χ0v) is 16.9. The number of halogens is 1. The van der Waals surface area contributed by atoms with Crippen LogP contribution in [0.15, 0.2) is 94.7 Å². The van der Waals surface area contributed by atoms with Crippen LogP contribution in [0.3, 0.4) is 0 Å². The smallest absolute Gasteiger partial charge is 0.297 e. The van der Waals surface area contributed by atoms with E-state index in [0.717, 1.165) is 24.3 Å². The maximum atomic E-state index is 16.5. The lowest BCUT2D eigenvalue weighted by molar-refractivity contribution is -0.131. The van der Waals surface area contributed by atoms with Crippen LogP contribution in [0, 0.1) is 0 Å². The van der Waals surface area contributed by atoms with E-state index < -0.39 is 47.1 Å². The second kappa shape index (κ2) is 7.01. The van der Waals surface area contributed by atoms with Crippen LogP contribution in [0.4, 0.5) is 10.1 Å². The molecule has 0 spiro atoms. The third-order valence-electron chi connectivity index (χ3n) is 4.60. The summed E-state index contributed by atoms with van der Waals surface area (Å²) in [6.45, 7) is 0. The molecule has 1 aliphatic heterocycles. The van der Waals surface area contributed by atoms with Gasteiger partial charge in [0, 0.05) is 11.3 Å². The van der Waals surface area contributed by atoms with Crippen molar-refractivity contribution < 1.29 is 26.0 Å². The number of nitrogens with one attached hydrogen (secondary N) is 1. The van der Waals surface area contributed by atoms with Gasteiger partial charge in [-0.15, -0.1) is 0 Å². The molecule has 0 aromatic heterocycles. The first-order chi connectivity index (χ1) is 14.2. The van der Waals surface area contributed by atoms with Crippen LogP contribution < -0.4 is 5.32 Å². The highest BCUT2D eigenvalue weighted by molar-refractivity contribution is 8.04. The molecule has 30 heavy (non-hydrogen) atoms. The molecule has 3 aromatic rings. The van der Waals surface area contributed by atoms with Crippen molar-refractivity contribution in [2.75, 3.05) is 5.32 Å². The molecular weight excluding hydrogens is 431 g/mol. The molecule has 7 nitrogen and oxygen atoms in total. The Bertz CT molecular complexity index is 1260. The molecule has 1 N–H and O–H groups in total. The molecule has 0 radical (unpaired) electrons. The second-order valence-corrected chi connectivity index (χ2v) is 10.3. The van der Waals surface area contributed by atoms with E-state index in [4.69, 9.17) is 0 Å². The zero-order chi connectivity index (χ0) is 21.6. The number of hydrogen-bond acceptors (Lipinski definition) is 5. The van der Waals surface area contributed by atoms with Crippen LogP contribution >= 0.6 is 0 Å². The molecule has 0 fully saturated rings. The molecule has 10 heteroatoms. The Balaban J connectivity index is 2.05. The van der Waals surface area contributed by atoms with Gasteiger partial charge in [-0.2, -0.15) is 0 Å². The van der Waals surface area contributed by atoms with Gasteiger partial charge >= 0.3 is 0 Å². The number of amides is 1. The summed E-state index contributed by atoms with van der Waals surface area (Å²) in [6, 6.07) is 18.5. The van der Waals surface area contributed by atoms with E-state index in [1.54, 1.807) is 0 Å². The van der Waals surface area contributed by atoms with E-state index >= 15 is 4.39 Å². The fourth-order valence-corrected chi connectivity index (χ4v) is 7.19. The van der Waals surface area contributed by atoms with Crippen LogP contribution in [0.25, 0.3) is 0 Å². The number of anilines is 1. The number of carbonyl (C=O) groups is 1. The molecule has 1 heterocycles. The van der Waals surface area contributed by atoms with Crippen LogP contribution in [-0.2, 0) is 30.6 Å². The number of para-hydroxylation sites is 1. The minimum absolute atomic E-state index is 0.0125. The standard InChI is InChI=1S/C20H15FN2O5S2/c21-20(17-13-7-8-14-18(17)22-19(20)24)23(29(25,26)15-9-3-1-4-10-15)30(27,28)16-11-5-2-6-12-16/h1-14H,(H,22,24). The Morgan fingerprint density at radius 1 is 0.700 bits per heavy atom. The summed E-state index contributed by atoms with van der Waals surface area (Å²) >= 11 is 0. The number of fused-ring (bicyclic) bond motifs is 1. The lowest BCUT2D eigenvalue weighted by atomic mass is 10.1. The zero-order valence-electron chi connectivity index (χ0n) is 15.3. The van der Waals surface area contributed by atoms with Gasteiger partial charge in [-0.05, 0) is 34.0 Å². The largest absolute Gasteiger partial charge is 0.321 e. The molecule has 0 bridgehead atoms. The van der Waals surface area contributed by atoms with E-state index in [1.807, 2.05) is 0 Å². The van der Waals surface area contributed by atoms with Crippen LogP contribution in [0.2, 0.25) is 0 Å². The highest BCUT2D eigenvalue weighted by Gasteiger charge is 2.62. The van der Waals surface area contributed by atoms with E-state index in [-0.39, 0.29) is 9.40 Å². The van der Waals surface area contributed by atoms with Crippen molar-refractivity contribution in [3.8, 4) is 0 Å². The van der Waals surface area contributed by atoms with Gasteiger partial charge in [0.1, 0.15) is 0 Å². The Kier molecular flexibility index (Phi) is 4.72. The molecule has 1 amide bonds. The SMILES string of the molecule is O=C1Nc2ccccc2C1(F)N(S(=O)(=O)c1ccccc1)S(=O)(=O)c1ccccc1. The lowest BCUT2D eigenvalue weighted by Crippen LogP contribution is -2.53. The highest BCUT2D eigenvalue weighted by Crippen LogP contribution is 2.46. The van der Waals surface area contributed by atoms with Gasteiger partial charge < -0.3 is 5.32 Å². The van der Waals surface area contributed by atoms with Gasteiger partial charge in [0.25, 0.3) is 31.7 Å². The van der Waals surface area contributed by atoms with Crippen molar-refractivity contribution in [1.82, 2.24) is 3.71 Å². The van der Waals surface area contributed by atoms with Crippen LogP contribution in [0.5, 0.6) is 0 Å². The third kappa shape index (κ3) is 2.92. The Hall–Kier alpha value is -3.08. The predicted molar refractivity (Wildman–Crippen MR) is 107 cm³/mol. The Morgan fingerprint density at radius 3 is 1.63 bits per heavy atom. The molecule has 3 aromatic carbocycles. The summed E-state index contributed by atoms with van der Waals surface area (Å²) < 4.78 is 69.9. The molecule has 0 aliphatic carbocycles. The summed E-state index contributed by atoms with van der Waals surface area (Å²) in [7, 11) is -10.0. The van der Waals surface area contributed by atoms with Crippen molar-refractivity contribution in [2.45, 2.75) is 15.6 Å². The average molecular weight is 446 g/mol. The van der Waals surface area contributed by atoms with E-state index in [0.29, 0.717) is 0 Å². The monoisotopic (exact) mass is 446 g/mol. The fourth-order valence-electron chi connectivity index (χ4n) is 3.23. The van der Waals surface area contributed by atoms with Gasteiger partial charge in [0.05, 0.1) is 9.79 Å². The van der Waals surface area contributed by atoms with Gasteiger partial charge in [-0.25, -0.2) is 21.2 Å². The second-order valence-electron chi connectivity index (χ2n) is 6.46. The fraction of sp³-hybridized carbons (Fsp3) is 0.0500. The first-order valence-electron chi connectivity index (χ1n) is 8.71. The molecule has 1 aliphatic rings. The molecule has 1 unspecified atom stereocenters. The van der Waals surface area contributed by atoms with Crippen molar-refractivity contribution >= 4 is 31.6 Å². The highest BCUT2D eigenvalue weighted by atomic mass is 32.3. The van der Waals surface area contributed by atoms with Crippen molar-refractivity contribution in [3.05, 3.63) is 90.5 Å². The summed E-state index contributed by atoms with van der Waals surface area (Å²) in [5, 5.41) is 2.23. The lowest BCUT2D eigenvalue weighted by Gasteiger charge is -2.31. The number of benzene rings is 3. The van der Waals surface area contributed by atoms with E-state index in [2.05, 4.69) is 5.32 Å². The molecule has 1 atom stereocenters. The quantitative estimate of drug-likeness (QED) is 0.608. The number of hydrogen-bond donors (Lipinski definition) is 1. The Labute approximate surface area is 172 Å². The average Bonchev–Trinajstić information content (AvgIpc) is 2.99. The van der Waals surface area contributed by atoms with Crippen LogP contribution in [0.1, 0.15) is 5.56 Å². The van der Waals surface area contributed by atoms with E-state index in [1.165, 1.54) is 60.7 Å². The van der Waals surface area contributed by atoms with Gasteiger partial charge in [0.2, 0.25) is 0 Å². The van der Waals surface area contributed by atoms with Gasteiger partial charge in [0.15, 0.2) is 0 Å². The molecule has 0 saturated heterocycles. The first-order valence-corrected chi connectivity index (χ1v) is 11.6. The van der Waals surface area contributed by atoms with Crippen molar-refractivity contribution in [3.63, 3.8) is 0 Å². The number of rotatable bonds is 5.